The van der Waals surface area contributed by atoms with Crippen LogP contribution in [0.2, 0.25) is 39.3 Å². The van der Waals surface area contributed by atoms with Crippen LogP contribution >= 0.6 is 0 Å². The van der Waals surface area contributed by atoms with Gasteiger partial charge in [0.25, 0.3) is 0 Å². The number of nitrogens with zero attached hydrogens (tertiary/aromatic N) is 1. The van der Waals surface area contributed by atoms with E-state index in [-0.39, 0.29) is 0 Å². The smallest absolute Gasteiger partial charge is 0.138 e. The van der Waals surface area contributed by atoms with E-state index in [0.29, 0.717) is 0 Å². The summed E-state index contributed by atoms with van der Waals surface area (Å²) in [4.78, 5) is 0. The molecule has 0 aliphatic heterocycles. The topological polar surface area (TPSA) is 3.24 Å². The minimum atomic E-state index is -1.39. The highest BCUT2D eigenvalue weighted by Crippen LogP contribution is 2.31. The Balaban J connectivity index is 3.35. The van der Waals surface area contributed by atoms with Crippen molar-refractivity contribution in [2.45, 2.75) is 59.0 Å². The zero-order valence-electron chi connectivity index (χ0n) is 14.3. The normalized spacial score (nSPS) is 13.4. The number of benzene rings is 1. The molecule has 0 unspecified atom stereocenters. The minimum Gasteiger partial charge on any atom is -0.424 e. The molecule has 0 heterocycles. The van der Waals surface area contributed by atoms with E-state index in [9.17, 15) is 0 Å². The van der Waals surface area contributed by atoms with Crippen molar-refractivity contribution in [1.29, 1.82) is 0 Å². The van der Waals surface area contributed by atoms with Crippen molar-refractivity contribution < 1.29 is 0 Å². The van der Waals surface area contributed by atoms with E-state index < -0.39 is 16.5 Å². The van der Waals surface area contributed by atoms with Crippen molar-refractivity contribution in [3.8, 4) is 0 Å². The van der Waals surface area contributed by atoms with Crippen molar-refractivity contribution in [1.82, 2.24) is 4.23 Å². The molecule has 0 aromatic heterocycles. The molecule has 0 fully saturated rings. The highest BCUT2D eigenvalue weighted by atomic mass is 28.4. The van der Waals surface area contributed by atoms with Gasteiger partial charge in [-0.25, -0.2) is 0 Å². The summed E-state index contributed by atoms with van der Waals surface area (Å²) in [6.07, 6.45) is 4.84. The fourth-order valence-electron chi connectivity index (χ4n) is 2.96. The number of hydrogen-bond donors (Lipinski definition) is 0. The van der Waals surface area contributed by atoms with Gasteiger partial charge in [0.2, 0.25) is 0 Å². The van der Waals surface area contributed by atoms with Gasteiger partial charge < -0.3 is 4.23 Å². The molecule has 0 bridgehead atoms. The third-order valence-electron chi connectivity index (χ3n) is 3.28. The Bertz CT molecular complexity index is 424. The maximum absolute atomic E-state index is 2.82. The molecule has 0 saturated heterocycles. The van der Waals surface area contributed by atoms with E-state index in [4.69, 9.17) is 0 Å². The highest BCUT2D eigenvalue weighted by Gasteiger charge is 2.35. The first-order chi connectivity index (χ1) is 9.18. The number of rotatable bonds is 6. The summed E-state index contributed by atoms with van der Waals surface area (Å²) >= 11 is 0. The van der Waals surface area contributed by atoms with Crippen LogP contribution in [0.4, 0.5) is 0 Å². The molecule has 1 nitrogen and oxygen atoms in total. The standard InChI is InChI=1S/C17H31NSi2/c1-8-9-15-17(16-13-11-10-12-14-16)18(19(2,3)4)20(5,6)7/h10-15H,8-9H2,1-7H3/b17-15+. The Labute approximate surface area is 127 Å². The fraction of sp³-hybridized carbons (Fsp3) is 0.529. The summed E-state index contributed by atoms with van der Waals surface area (Å²) in [6, 6.07) is 10.9. The average molecular weight is 306 g/mol. The van der Waals surface area contributed by atoms with Crippen LogP contribution in [-0.4, -0.2) is 20.7 Å². The quantitative estimate of drug-likeness (QED) is 0.600. The van der Waals surface area contributed by atoms with Gasteiger partial charge in [-0.05, 0) is 12.0 Å². The molecule has 0 aliphatic carbocycles. The molecular weight excluding hydrogens is 274 g/mol. The zero-order chi connectivity index (χ0) is 15.4. The molecule has 112 valence electrons. The molecule has 3 heteroatoms. The molecular formula is C17H31NSi2. The van der Waals surface area contributed by atoms with Gasteiger partial charge in [-0.2, -0.15) is 0 Å². The van der Waals surface area contributed by atoms with E-state index >= 15 is 0 Å². The van der Waals surface area contributed by atoms with Gasteiger partial charge in [-0.15, -0.1) is 0 Å². The number of unbranched alkanes of at least 4 members (excludes halogenated alkanes) is 1. The first kappa shape index (κ1) is 17.2. The highest BCUT2D eigenvalue weighted by molar-refractivity contribution is 6.91. The zero-order valence-corrected chi connectivity index (χ0v) is 16.3. The largest absolute Gasteiger partial charge is 0.424 e. The average Bonchev–Trinajstić information content (AvgIpc) is 2.32. The van der Waals surface area contributed by atoms with Crippen LogP contribution in [0.1, 0.15) is 25.3 Å². The van der Waals surface area contributed by atoms with Crippen LogP contribution in [0.15, 0.2) is 36.4 Å². The second-order valence-corrected chi connectivity index (χ2v) is 17.4. The van der Waals surface area contributed by atoms with Crippen LogP contribution in [0.3, 0.4) is 0 Å². The lowest BCUT2D eigenvalue weighted by Gasteiger charge is -2.47. The molecule has 0 N–H and O–H groups in total. The summed E-state index contributed by atoms with van der Waals surface area (Å²) in [7, 11) is -2.78. The molecule has 0 amide bonds. The number of allylic oxidation sites excluding steroid dienone is 1. The molecule has 0 radical (unpaired) electrons. The van der Waals surface area contributed by atoms with Crippen LogP contribution in [0.5, 0.6) is 0 Å². The van der Waals surface area contributed by atoms with E-state index in [2.05, 4.69) is 86.8 Å². The van der Waals surface area contributed by atoms with Crippen molar-refractivity contribution in [3.63, 3.8) is 0 Å². The first-order valence-electron chi connectivity index (χ1n) is 7.74. The van der Waals surface area contributed by atoms with Crippen molar-refractivity contribution in [2.75, 3.05) is 0 Å². The summed E-state index contributed by atoms with van der Waals surface area (Å²) in [6.45, 7) is 17.1. The predicted octanol–water partition coefficient (Wildman–Crippen LogP) is 5.80. The second kappa shape index (κ2) is 6.77. The second-order valence-electron chi connectivity index (χ2n) is 7.42. The van der Waals surface area contributed by atoms with Gasteiger partial charge >= 0.3 is 0 Å². The van der Waals surface area contributed by atoms with Crippen LogP contribution in [0.25, 0.3) is 5.70 Å². The van der Waals surface area contributed by atoms with E-state index in [0.717, 1.165) is 6.42 Å². The Morgan fingerprint density at radius 3 is 1.85 bits per heavy atom. The summed E-state index contributed by atoms with van der Waals surface area (Å²) in [5.41, 5.74) is 2.86. The molecule has 1 aromatic rings. The Morgan fingerprint density at radius 1 is 0.950 bits per heavy atom. The Hall–Kier alpha value is -0.806. The third kappa shape index (κ3) is 4.63. The van der Waals surface area contributed by atoms with Gasteiger partial charge in [0.05, 0.1) is 0 Å². The van der Waals surface area contributed by atoms with E-state index in [1.807, 2.05) is 0 Å². The van der Waals surface area contributed by atoms with Gasteiger partial charge in [-0.1, -0.05) is 89.0 Å². The van der Waals surface area contributed by atoms with E-state index in [1.165, 1.54) is 17.7 Å². The van der Waals surface area contributed by atoms with Gasteiger partial charge in [0.15, 0.2) is 0 Å². The molecule has 0 spiro atoms. The molecule has 0 saturated carbocycles. The maximum atomic E-state index is 2.82. The maximum Gasteiger partial charge on any atom is 0.138 e. The lowest BCUT2D eigenvalue weighted by Crippen LogP contribution is -2.57. The van der Waals surface area contributed by atoms with Crippen LogP contribution in [-0.2, 0) is 0 Å². The predicted molar refractivity (Wildman–Crippen MR) is 97.9 cm³/mol. The molecule has 0 aliphatic rings. The molecule has 0 atom stereocenters. The first-order valence-corrected chi connectivity index (χ1v) is 14.6. The van der Waals surface area contributed by atoms with Gasteiger partial charge in [0.1, 0.15) is 16.5 Å². The summed E-state index contributed by atoms with van der Waals surface area (Å²) in [5, 5.41) is 0. The lowest BCUT2D eigenvalue weighted by molar-refractivity contribution is 0.845. The van der Waals surface area contributed by atoms with Gasteiger partial charge in [0, 0.05) is 5.70 Å². The SMILES string of the molecule is CCC/C=C(\c1ccccc1)N([Si](C)(C)C)[Si](C)(C)C. The molecule has 1 aromatic carbocycles. The third-order valence-corrected chi connectivity index (χ3v) is 10.5. The lowest BCUT2D eigenvalue weighted by atomic mass is 10.1. The Kier molecular flexibility index (Phi) is 5.83. The molecule has 20 heavy (non-hydrogen) atoms. The fourth-order valence-corrected chi connectivity index (χ4v) is 12.9. The Morgan fingerprint density at radius 2 is 1.45 bits per heavy atom. The molecule has 1 rings (SSSR count). The van der Waals surface area contributed by atoms with Crippen molar-refractivity contribution in [3.05, 3.63) is 42.0 Å². The van der Waals surface area contributed by atoms with Gasteiger partial charge in [-0.3, -0.25) is 0 Å². The van der Waals surface area contributed by atoms with Crippen molar-refractivity contribution in [2.24, 2.45) is 0 Å². The minimum absolute atomic E-state index is 1.16. The van der Waals surface area contributed by atoms with Crippen LogP contribution in [0, 0.1) is 0 Å². The number of hydrogen-bond acceptors (Lipinski definition) is 1. The van der Waals surface area contributed by atoms with Crippen molar-refractivity contribution >= 4 is 22.2 Å². The summed E-state index contributed by atoms with van der Waals surface area (Å²) < 4.78 is 2.82. The van der Waals surface area contributed by atoms with Crippen LogP contribution < -0.4 is 0 Å². The monoisotopic (exact) mass is 305 g/mol. The van der Waals surface area contributed by atoms with E-state index in [1.54, 1.807) is 0 Å². The summed E-state index contributed by atoms with van der Waals surface area (Å²) in [5.74, 6) is 0.